The zero-order valence-electron chi connectivity index (χ0n) is 11.7. The van der Waals surface area contributed by atoms with E-state index >= 15 is 0 Å². The molecule has 0 bridgehead atoms. The Morgan fingerprint density at radius 3 is 2.68 bits per heavy atom. The molecular weight excluding hydrogens is 306 g/mol. The van der Waals surface area contributed by atoms with Gasteiger partial charge in [0.25, 0.3) is 5.91 Å². The SMILES string of the molecule is COc1cc(C(=O)NCCCCCCBr)ccc1C. The van der Waals surface area contributed by atoms with Gasteiger partial charge in [-0.2, -0.15) is 0 Å². The lowest BCUT2D eigenvalue weighted by Gasteiger charge is -2.08. The van der Waals surface area contributed by atoms with Crippen LogP contribution in [0.15, 0.2) is 18.2 Å². The van der Waals surface area contributed by atoms with Crippen molar-refractivity contribution in [1.29, 1.82) is 0 Å². The third kappa shape index (κ3) is 5.64. The van der Waals surface area contributed by atoms with Crippen LogP contribution in [0, 0.1) is 6.92 Å². The molecule has 106 valence electrons. The van der Waals surface area contributed by atoms with Crippen molar-refractivity contribution in [3.8, 4) is 5.75 Å². The van der Waals surface area contributed by atoms with E-state index in [1.54, 1.807) is 13.2 Å². The number of amides is 1. The number of carbonyl (C=O) groups is 1. The van der Waals surface area contributed by atoms with Gasteiger partial charge >= 0.3 is 0 Å². The van der Waals surface area contributed by atoms with Gasteiger partial charge in [0, 0.05) is 17.4 Å². The lowest BCUT2D eigenvalue weighted by atomic mass is 10.1. The predicted molar refractivity (Wildman–Crippen MR) is 82.3 cm³/mol. The second kappa shape index (κ2) is 8.97. The molecule has 0 aliphatic rings. The van der Waals surface area contributed by atoms with Crippen LogP contribution in [-0.2, 0) is 0 Å². The Bertz CT molecular complexity index is 407. The maximum Gasteiger partial charge on any atom is 0.251 e. The van der Waals surface area contributed by atoms with Gasteiger partial charge in [-0.05, 0) is 37.5 Å². The van der Waals surface area contributed by atoms with E-state index in [2.05, 4.69) is 21.2 Å². The summed E-state index contributed by atoms with van der Waals surface area (Å²) in [7, 11) is 1.62. The Balaban J connectivity index is 2.37. The van der Waals surface area contributed by atoms with Crippen molar-refractivity contribution in [1.82, 2.24) is 5.32 Å². The third-order valence-electron chi connectivity index (χ3n) is 3.02. The zero-order valence-corrected chi connectivity index (χ0v) is 13.3. The molecule has 1 amide bonds. The van der Waals surface area contributed by atoms with Crippen LogP contribution in [0.5, 0.6) is 5.75 Å². The van der Waals surface area contributed by atoms with Crippen molar-refractivity contribution in [2.24, 2.45) is 0 Å². The molecule has 4 heteroatoms. The van der Waals surface area contributed by atoms with E-state index < -0.39 is 0 Å². The van der Waals surface area contributed by atoms with Crippen molar-refractivity contribution in [3.05, 3.63) is 29.3 Å². The lowest BCUT2D eigenvalue weighted by Crippen LogP contribution is -2.24. The summed E-state index contributed by atoms with van der Waals surface area (Å²) in [5.41, 5.74) is 1.69. The Labute approximate surface area is 123 Å². The van der Waals surface area contributed by atoms with Crippen LogP contribution < -0.4 is 10.1 Å². The molecule has 0 radical (unpaired) electrons. The molecule has 1 N–H and O–H groups in total. The van der Waals surface area contributed by atoms with Crippen molar-refractivity contribution in [2.45, 2.75) is 32.6 Å². The van der Waals surface area contributed by atoms with Crippen LogP contribution >= 0.6 is 15.9 Å². The number of carbonyl (C=O) groups excluding carboxylic acids is 1. The van der Waals surface area contributed by atoms with Gasteiger partial charge < -0.3 is 10.1 Å². The summed E-state index contributed by atoms with van der Waals surface area (Å²) in [6, 6.07) is 5.53. The molecule has 0 fully saturated rings. The summed E-state index contributed by atoms with van der Waals surface area (Å²) >= 11 is 3.41. The average molecular weight is 328 g/mol. The standard InChI is InChI=1S/C15H22BrNO2/c1-12-7-8-13(11-14(12)19-2)15(18)17-10-6-4-3-5-9-16/h7-8,11H,3-6,9-10H2,1-2H3,(H,17,18). The molecule has 1 aromatic carbocycles. The van der Waals surface area contributed by atoms with Crippen LogP contribution in [0.25, 0.3) is 0 Å². The van der Waals surface area contributed by atoms with Gasteiger partial charge in [0.2, 0.25) is 0 Å². The van der Waals surface area contributed by atoms with Crippen LogP contribution in [0.3, 0.4) is 0 Å². The summed E-state index contributed by atoms with van der Waals surface area (Å²) < 4.78 is 5.22. The van der Waals surface area contributed by atoms with E-state index in [1.807, 2.05) is 19.1 Å². The fourth-order valence-corrected chi connectivity index (χ4v) is 2.23. The maximum absolute atomic E-state index is 11.9. The molecule has 0 saturated carbocycles. The first-order chi connectivity index (χ1) is 9.19. The quantitative estimate of drug-likeness (QED) is 0.584. The van der Waals surface area contributed by atoms with Crippen molar-refractivity contribution < 1.29 is 9.53 Å². The first kappa shape index (κ1) is 16.0. The highest BCUT2D eigenvalue weighted by molar-refractivity contribution is 9.09. The molecule has 0 aliphatic heterocycles. The highest BCUT2D eigenvalue weighted by atomic mass is 79.9. The molecule has 0 saturated heterocycles. The van der Waals surface area contributed by atoms with Gasteiger partial charge in [-0.3, -0.25) is 4.79 Å². The average Bonchev–Trinajstić information content (AvgIpc) is 2.43. The summed E-state index contributed by atoms with van der Waals surface area (Å²) in [4.78, 5) is 11.9. The summed E-state index contributed by atoms with van der Waals surface area (Å²) in [5, 5.41) is 4.00. The minimum absolute atomic E-state index is 0.0289. The van der Waals surface area contributed by atoms with E-state index in [-0.39, 0.29) is 5.91 Å². The molecular formula is C15H22BrNO2. The predicted octanol–water partition coefficient (Wildman–Crippen LogP) is 3.69. The van der Waals surface area contributed by atoms with Crippen LogP contribution in [0.1, 0.15) is 41.6 Å². The number of halogens is 1. The first-order valence-electron chi connectivity index (χ1n) is 6.68. The zero-order chi connectivity index (χ0) is 14.1. The summed E-state index contributed by atoms with van der Waals surface area (Å²) in [6.45, 7) is 2.70. The summed E-state index contributed by atoms with van der Waals surface area (Å²) in [6.07, 6.45) is 4.59. The van der Waals surface area contributed by atoms with Gasteiger partial charge in [0.15, 0.2) is 0 Å². The maximum atomic E-state index is 11.9. The third-order valence-corrected chi connectivity index (χ3v) is 3.58. The molecule has 0 aromatic heterocycles. The summed E-state index contributed by atoms with van der Waals surface area (Å²) in [5.74, 6) is 0.726. The Kier molecular flexibility index (Phi) is 7.56. The monoisotopic (exact) mass is 327 g/mol. The number of rotatable bonds is 8. The highest BCUT2D eigenvalue weighted by Crippen LogP contribution is 2.18. The van der Waals surface area contributed by atoms with Gasteiger partial charge in [-0.15, -0.1) is 0 Å². The molecule has 1 aromatic rings. The normalized spacial score (nSPS) is 10.3. The van der Waals surface area contributed by atoms with Gasteiger partial charge in [0.1, 0.15) is 5.75 Å². The molecule has 19 heavy (non-hydrogen) atoms. The number of ether oxygens (including phenoxy) is 1. The Morgan fingerprint density at radius 1 is 1.26 bits per heavy atom. The van der Waals surface area contributed by atoms with E-state index in [4.69, 9.17) is 4.74 Å². The number of alkyl halides is 1. The highest BCUT2D eigenvalue weighted by Gasteiger charge is 2.07. The van der Waals surface area contributed by atoms with E-state index in [1.165, 1.54) is 12.8 Å². The molecule has 0 heterocycles. The molecule has 1 rings (SSSR count). The fourth-order valence-electron chi connectivity index (χ4n) is 1.84. The van der Waals surface area contributed by atoms with Gasteiger partial charge in [-0.1, -0.05) is 34.8 Å². The minimum atomic E-state index is -0.0289. The number of hydrogen-bond donors (Lipinski definition) is 1. The van der Waals surface area contributed by atoms with Gasteiger partial charge in [-0.25, -0.2) is 0 Å². The number of benzene rings is 1. The number of aryl methyl sites for hydroxylation is 1. The van der Waals surface area contributed by atoms with Crippen molar-refractivity contribution >= 4 is 21.8 Å². The number of hydrogen-bond acceptors (Lipinski definition) is 2. The fraction of sp³-hybridized carbons (Fsp3) is 0.533. The van der Waals surface area contributed by atoms with Crippen LogP contribution in [0.4, 0.5) is 0 Å². The smallest absolute Gasteiger partial charge is 0.251 e. The van der Waals surface area contributed by atoms with Crippen LogP contribution in [0.2, 0.25) is 0 Å². The van der Waals surface area contributed by atoms with Gasteiger partial charge in [0.05, 0.1) is 7.11 Å². The van der Waals surface area contributed by atoms with E-state index in [0.29, 0.717) is 5.56 Å². The second-order valence-electron chi connectivity index (χ2n) is 4.54. The largest absolute Gasteiger partial charge is 0.496 e. The topological polar surface area (TPSA) is 38.3 Å². The molecule has 0 atom stereocenters. The van der Waals surface area contributed by atoms with Crippen LogP contribution in [-0.4, -0.2) is 24.9 Å². The number of methoxy groups -OCH3 is 1. The van der Waals surface area contributed by atoms with Crippen molar-refractivity contribution in [3.63, 3.8) is 0 Å². The Hall–Kier alpha value is -1.03. The van der Waals surface area contributed by atoms with E-state index in [9.17, 15) is 4.79 Å². The molecule has 3 nitrogen and oxygen atoms in total. The molecule has 0 unspecified atom stereocenters. The molecule has 0 spiro atoms. The number of unbranched alkanes of at least 4 members (excludes halogenated alkanes) is 3. The van der Waals surface area contributed by atoms with E-state index in [0.717, 1.165) is 36.0 Å². The number of nitrogens with one attached hydrogen (secondary N) is 1. The molecule has 0 aliphatic carbocycles. The second-order valence-corrected chi connectivity index (χ2v) is 5.34. The minimum Gasteiger partial charge on any atom is -0.496 e. The Morgan fingerprint density at radius 2 is 2.00 bits per heavy atom. The van der Waals surface area contributed by atoms with Crippen molar-refractivity contribution in [2.75, 3.05) is 19.0 Å². The lowest BCUT2D eigenvalue weighted by molar-refractivity contribution is 0.0952. The first-order valence-corrected chi connectivity index (χ1v) is 7.80.